The van der Waals surface area contributed by atoms with Gasteiger partial charge in [0.1, 0.15) is 0 Å². The molecule has 1 aromatic carbocycles. The van der Waals surface area contributed by atoms with Gasteiger partial charge in [0.25, 0.3) is 0 Å². The van der Waals surface area contributed by atoms with Crippen LogP contribution in [0.2, 0.25) is 5.02 Å². The van der Waals surface area contributed by atoms with Gasteiger partial charge >= 0.3 is 0 Å². The maximum Gasteiger partial charge on any atom is 0.204 e. The topological polar surface area (TPSA) is 27.7 Å². The normalized spacial score (nSPS) is 11.2. The fourth-order valence-electron chi connectivity index (χ4n) is 1.67. The van der Waals surface area contributed by atoms with Gasteiger partial charge in [-0.2, -0.15) is 0 Å². The average Bonchev–Trinajstić information content (AvgIpc) is 2.26. The highest BCUT2D eigenvalue weighted by Crippen LogP contribution is 2.47. The van der Waals surface area contributed by atoms with Crippen molar-refractivity contribution in [3.8, 4) is 17.2 Å². The molecule has 0 aliphatic carbocycles. The molecule has 0 saturated carbocycles. The van der Waals surface area contributed by atoms with E-state index in [-0.39, 0.29) is 5.41 Å². The van der Waals surface area contributed by atoms with E-state index in [0.29, 0.717) is 22.3 Å². The lowest BCUT2D eigenvalue weighted by Gasteiger charge is -2.24. The van der Waals surface area contributed by atoms with E-state index in [4.69, 9.17) is 25.8 Å². The van der Waals surface area contributed by atoms with Gasteiger partial charge in [0.2, 0.25) is 5.75 Å². The second-order valence-corrected chi connectivity index (χ2v) is 5.13. The summed E-state index contributed by atoms with van der Waals surface area (Å²) in [5, 5.41) is 0.567. The van der Waals surface area contributed by atoms with Crippen LogP contribution in [0.3, 0.4) is 0 Å². The van der Waals surface area contributed by atoms with Gasteiger partial charge in [0.15, 0.2) is 11.5 Å². The number of ether oxygens (including phenoxy) is 3. The van der Waals surface area contributed by atoms with Crippen LogP contribution in [0, 0.1) is 0 Å². The predicted molar refractivity (Wildman–Crippen MR) is 69.8 cm³/mol. The SMILES string of the molecule is COc1cc(C(C)(C)C)c(Cl)c(OC)c1OC. The molecule has 0 heterocycles. The van der Waals surface area contributed by atoms with Crippen molar-refractivity contribution in [1.82, 2.24) is 0 Å². The van der Waals surface area contributed by atoms with Crippen molar-refractivity contribution in [2.75, 3.05) is 21.3 Å². The molecular formula is C13H19ClO3. The van der Waals surface area contributed by atoms with E-state index >= 15 is 0 Å². The van der Waals surface area contributed by atoms with Crippen LogP contribution >= 0.6 is 11.6 Å². The molecule has 0 radical (unpaired) electrons. The second kappa shape index (κ2) is 5.05. The number of hydrogen-bond acceptors (Lipinski definition) is 3. The van der Waals surface area contributed by atoms with Gasteiger partial charge in [-0.3, -0.25) is 0 Å². The zero-order valence-corrected chi connectivity index (χ0v) is 11.9. The van der Waals surface area contributed by atoms with E-state index in [1.165, 1.54) is 0 Å². The zero-order valence-electron chi connectivity index (χ0n) is 11.2. The molecule has 1 rings (SSSR count). The highest BCUT2D eigenvalue weighted by molar-refractivity contribution is 6.33. The summed E-state index contributed by atoms with van der Waals surface area (Å²) >= 11 is 6.35. The number of hydrogen-bond donors (Lipinski definition) is 0. The highest BCUT2D eigenvalue weighted by atomic mass is 35.5. The van der Waals surface area contributed by atoms with E-state index in [1.807, 2.05) is 6.07 Å². The maximum absolute atomic E-state index is 6.35. The molecule has 0 atom stereocenters. The molecule has 0 saturated heterocycles. The Morgan fingerprint density at radius 2 is 1.47 bits per heavy atom. The number of benzene rings is 1. The van der Waals surface area contributed by atoms with Gasteiger partial charge in [0.05, 0.1) is 26.4 Å². The Hall–Kier alpha value is -1.09. The van der Waals surface area contributed by atoms with Gasteiger partial charge in [-0.05, 0) is 17.0 Å². The van der Waals surface area contributed by atoms with Gasteiger partial charge in [-0.1, -0.05) is 32.4 Å². The Labute approximate surface area is 108 Å². The lowest BCUT2D eigenvalue weighted by molar-refractivity contribution is 0.322. The third-order valence-electron chi connectivity index (χ3n) is 2.58. The van der Waals surface area contributed by atoms with Crippen LogP contribution in [0.4, 0.5) is 0 Å². The van der Waals surface area contributed by atoms with Gasteiger partial charge in [-0.15, -0.1) is 0 Å². The van der Waals surface area contributed by atoms with Gasteiger partial charge in [0, 0.05) is 0 Å². The van der Waals surface area contributed by atoms with Crippen molar-refractivity contribution in [3.63, 3.8) is 0 Å². The van der Waals surface area contributed by atoms with Gasteiger partial charge in [-0.25, -0.2) is 0 Å². The van der Waals surface area contributed by atoms with Gasteiger partial charge < -0.3 is 14.2 Å². The quantitative estimate of drug-likeness (QED) is 0.828. The van der Waals surface area contributed by atoms with E-state index in [2.05, 4.69) is 20.8 Å². The first-order valence-electron chi connectivity index (χ1n) is 5.35. The van der Waals surface area contributed by atoms with Crippen LogP contribution in [0.1, 0.15) is 26.3 Å². The summed E-state index contributed by atoms with van der Waals surface area (Å²) in [5.41, 5.74) is 0.873. The first-order chi connectivity index (χ1) is 7.86. The molecule has 0 fully saturated rings. The summed E-state index contributed by atoms with van der Waals surface area (Å²) in [6.07, 6.45) is 0. The maximum atomic E-state index is 6.35. The van der Waals surface area contributed by atoms with Crippen LogP contribution in [0.25, 0.3) is 0 Å². The first kappa shape index (κ1) is 14.0. The predicted octanol–water partition coefficient (Wildman–Crippen LogP) is 3.66. The minimum Gasteiger partial charge on any atom is -0.493 e. The average molecular weight is 259 g/mol. The van der Waals surface area contributed by atoms with Crippen LogP contribution in [0.5, 0.6) is 17.2 Å². The molecule has 4 heteroatoms. The summed E-state index contributed by atoms with van der Waals surface area (Å²) in [7, 11) is 4.72. The van der Waals surface area contributed by atoms with E-state index in [0.717, 1.165) is 5.56 Å². The lowest BCUT2D eigenvalue weighted by Crippen LogP contribution is -2.13. The molecular weight excluding hydrogens is 240 g/mol. The molecule has 0 N–H and O–H groups in total. The molecule has 1 aromatic rings. The molecule has 0 aromatic heterocycles. The van der Waals surface area contributed by atoms with Crippen LogP contribution in [-0.2, 0) is 5.41 Å². The third kappa shape index (κ3) is 2.60. The summed E-state index contributed by atoms with van der Waals surface area (Å²) in [6.45, 7) is 6.25. The molecule has 0 aliphatic heterocycles. The largest absolute Gasteiger partial charge is 0.493 e. The fraction of sp³-hybridized carbons (Fsp3) is 0.538. The molecule has 3 nitrogen and oxygen atoms in total. The molecule has 0 unspecified atom stereocenters. The van der Waals surface area contributed by atoms with Crippen molar-refractivity contribution in [2.24, 2.45) is 0 Å². The summed E-state index contributed by atoms with van der Waals surface area (Å²) in [4.78, 5) is 0. The Bertz CT molecular complexity index is 408. The number of methoxy groups -OCH3 is 3. The minimum absolute atomic E-state index is 0.0933. The van der Waals surface area contributed by atoms with Crippen LogP contribution in [-0.4, -0.2) is 21.3 Å². The molecule has 0 bridgehead atoms. The van der Waals surface area contributed by atoms with Crippen molar-refractivity contribution in [1.29, 1.82) is 0 Å². The van der Waals surface area contributed by atoms with Crippen LogP contribution in [0.15, 0.2) is 6.07 Å². The summed E-state index contributed by atoms with van der Waals surface area (Å²) in [6, 6.07) is 1.89. The number of rotatable bonds is 3. The third-order valence-corrected chi connectivity index (χ3v) is 2.95. The fourth-order valence-corrected chi connectivity index (χ4v) is 2.17. The Balaban J connectivity index is 3.57. The molecule has 17 heavy (non-hydrogen) atoms. The Kier molecular flexibility index (Phi) is 4.15. The lowest BCUT2D eigenvalue weighted by atomic mass is 9.86. The highest BCUT2D eigenvalue weighted by Gasteiger charge is 2.25. The smallest absolute Gasteiger partial charge is 0.204 e. The Morgan fingerprint density at radius 1 is 0.941 bits per heavy atom. The van der Waals surface area contributed by atoms with Crippen molar-refractivity contribution in [2.45, 2.75) is 26.2 Å². The van der Waals surface area contributed by atoms with Crippen LogP contribution < -0.4 is 14.2 Å². The standard InChI is InChI=1S/C13H19ClO3/c1-13(2,3)8-7-9(15-4)11(16-5)12(17-6)10(8)14/h7H,1-6H3. The molecule has 96 valence electrons. The first-order valence-corrected chi connectivity index (χ1v) is 5.73. The van der Waals surface area contributed by atoms with E-state index in [1.54, 1.807) is 21.3 Å². The van der Waals surface area contributed by atoms with Crippen molar-refractivity contribution in [3.05, 3.63) is 16.7 Å². The molecule has 0 amide bonds. The zero-order chi connectivity index (χ0) is 13.2. The monoisotopic (exact) mass is 258 g/mol. The minimum atomic E-state index is -0.0933. The van der Waals surface area contributed by atoms with Crippen molar-refractivity contribution < 1.29 is 14.2 Å². The van der Waals surface area contributed by atoms with Crippen molar-refractivity contribution >= 4 is 11.6 Å². The number of halogens is 1. The summed E-state index contributed by atoms with van der Waals surface area (Å²) < 4.78 is 15.9. The second-order valence-electron chi connectivity index (χ2n) is 4.76. The molecule has 0 spiro atoms. The summed E-state index contributed by atoms with van der Waals surface area (Å²) in [5.74, 6) is 1.66. The van der Waals surface area contributed by atoms with E-state index in [9.17, 15) is 0 Å². The molecule has 0 aliphatic rings. The van der Waals surface area contributed by atoms with E-state index < -0.39 is 0 Å². The Morgan fingerprint density at radius 3 is 1.82 bits per heavy atom.